The largest absolute Gasteiger partial charge is 0.364 e. The number of amides is 1. The Kier molecular flexibility index (Phi) is 7.88. The molecule has 0 aliphatic carbocycles. The normalized spacial score (nSPS) is 12.8. The highest BCUT2D eigenvalue weighted by atomic mass is 16.1. The van der Waals surface area contributed by atoms with Gasteiger partial charge in [-0.3, -0.25) is 4.79 Å². The highest BCUT2D eigenvalue weighted by Gasteiger charge is 2.07. The lowest BCUT2D eigenvalue weighted by Gasteiger charge is -2.14. The predicted molar refractivity (Wildman–Crippen MR) is 149 cm³/mol. The Bertz CT molecular complexity index is 1430. The fourth-order valence-electron chi connectivity index (χ4n) is 3.72. The minimum absolute atomic E-state index is 0.113. The lowest BCUT2D eigenvalue weighted by atomic mass is 10.1. The van der Waals surface area contributed by atoms with Crippen LogP contribution in [0.5, 0.6) is 0 Å². The van der Waals surface area contributed by atoms with Gasteiger partial charge in [0.05, 0.1) is 11.0 Å². The minimum Gasteiger partial charge on any atom is -0.364 e. The molecule has 6 heteroatoms. The quantitative estimate of drug-likeness (QED) is 0.216. The van der Waals surface area contributed by atoms with E-state index in [9.17, 15) is 4.79 Å². The number of aromatic nitrogens is 2. The number of carbonyl (C=O) groups excluding carboxylic acids is 1. The maximum absolute atomic E-state index is 12.3. The second-order valence-corrected chi connectivity index (χ2v) is 8.36. The molecule has 0 radical (unpaired) electrons. The van der Waals surface area contributed by atoms with Crippen LogP contribution in [0.15, 0.2) is 115 Å². The number of fused-ring (bicyclic) bond motifs is 1. The van der Waals surface area contributed by atoms with Gasteiger partial charge in [-0.2, -0.15) is 0 Å². The number of anilines is 1. The van der Waals surface area contributed by atoms with Gasteiger partial charge in [-0.25, -0.2) is 9.98 Å². The average Bonchev–Trinajstić information content (AvgIpc) is 3.32. The summed E-state index contributed by atoms with van der Waals surface area (Å²) in [6.07, 6.45) is 8.70. The fraction of sp³-hybridized carbons (Fsp3) is 0.100. The first-order valence-corrected chi connectivity index (χ1v) is 11.7. The van der Waals surface area contributed by atoms with Gasteiger partial charge in [-0.1, -0.05) is 67.2 Å². The van der Waals surface area contributed by atoms with Crippen molar-refractivity contribution in [3.63, 3.8) is 0 Å². The number of nitrogens with one attached hydrogen (secondary N) is 2. The Balaban J connectivity index is 1.38. The van der Waals surface area contributed by atoms with E-state index in [0.717, 1.165) is 22.3 Å². The van der Waals surface area contributed by atoms with E-state index < -0.39 is 0 Å². The second-order valence-electron chi connectivity index (χ2n) is 8.36. The van der Waals surface area contributed by atoms with Crippen molar-refractivity contribution in [3.8, 4) is 0 Å². The summed E-state index contributed by atoms with van der Waals surface area (Å²) >= 11 is 0. The molecule has 2 N–H and O–H groups in total. The van der Waals surface area contributed by atoms with Gasteiger partial charge in [0.25, 0.3) is 0 Å². The highest BCUT2D eigenvalue weighted by molar-refractivity contribution is 6.02. The molecule has 0 saturated carbocycles. The number of nitrogens with zero attached hydrogens (tertiary/aromatic N) is 3. The first kappa shape index (κ1) is 24.4. The van der Waals surface area contributed by atoms with E-state index in [-0.39, 0.29) is 11.9 Å². The van der Waals surface area contributed by atoms with Gasteiger partial charge in [0.1, 0.15) is 12.1 Å². The van der Waals surface area contributed by atoms with Crippen molar-refractivity contribution in [3.05, 3.63) is 121 Å². The zero-order chi connectivity index (χ0) is 25.3. The standard InChI is InChI=1S/C30H29N5O/c1-22(18-19-31-24(3)33-23(2)26-12-8-5-9-13-26)35-21-32-28-20-27(15-16-29(28)35)34-30(36)17-14-25-10-6-4-7-11-25/h4-21,23,33H,3H2,1-2H3,(H,34,36)/b17-14+,22-18+,31-19-/t23-/m0/s1. The zero-order valence-corrected chi connectivity index (χ0v) is 20.4. The van der Waals surface area contributed by atoms with E-state index in [0.29, 0.717) is 11.5 Å². The van der Waals surface area contributed by atoms with Crippen LogP contribution < -0.4 is 10.6 Å². The summed E-state index contributed by atoms with van der Waals surface area (Å²) in [7, 11) is 0. The molecule has 0 bridgehead atoms. The molecule has 0 aliphatic heterocycles. The van der Waals surface area contributed by atoms with E-state index >= 15 is 0 Å². The lowest BCUT2D eigenvalue weighted by Crippen LogP contribution is -2.16. The SMILES string of the molecule is C=C(/N=C\C=C(/C)n1cnc2cc(NC(=O)/C=C/c3ccccc3)ccc21)N[C@@H](C)c1ccccc1. The molecule has 0 unspecified atom stereocenters. The third kappa shape index (κ3) is 6.45. The Morgan fingerprint density at radius 1 is 1.06 bits per heavy atom. The van der Waals surface area contributed by atoms with Crippen LogP contribution in [0.1, 0.15) is 31.0 Å². The van der Waals surface area contributed by atoms with Gasteiger partial charge in [0, 0.05) is 29.7 Å². The molecule has 4 rings (SSSR count). The topological polar surface area (TPSA) is 71.3 Å². The summed E-state index contributed by atoms with van der Waals surface area (Å²) in [5.41, 5.74) is 5.50. The maximum atomic E-state index is 12.3. The number of carbonyl (C=O) groups is 1. The van der Waals surface area contributed by atoms with Crippen molar-refractivity contribution >= 4 is 40.6 Å². The van der Waals surface area contributed by atoms with E-state index in [1.165, 1.54) is 11.6 Å². The molecular formula is C30H29N5O. The molecule has 4 aromatic rings. The van der Waals surface area contributed by atoms with Crippen LogP contribution in [0.2, 0.25) is 0 Å². The molecule has 1 amide bonds. The van der Waals surface area contributed by atoms with Crippen molar-refractivity contribution in [1.82, 2.24) is 14.9 Å². The smallest absolute Gasteiger partial charge is 0.248 e. The van der Waals surface area contributed by atoms with Crippen molar-refractivity contribution in [2.75, 3.05) is 5.32 Å². The molecule has 36 heavy (non-hydrogen) atoms. The predicted octanol–water partition coefficient (Wildman–Crippen LogP) is 6.44. The molecule has 1 heterocycles. The molecular weight excluding hydrogens is 446 g/mol. The van der Waals surface area contributed by atoms with E-state index in [1.54, 1.807) is 18.6 Å². The third-order valence-electron chi connectivity index (χ3n) is 5.65. The minimum atomic E-state index is -0.194. The molecule has 6 nitrogen and oxygen atoms in total. The fourth-order valence-corrected chi connectivity index (χ4v) is 3.72. The van der Waals surface area contributed by atoms with Crippen molar-refractivity contribution in [2.24, 2.45) is 4.99 Å². The van der Waals surface area contributed by atoms with E-state index in [2.05, 4.69) is 46.2 Å². The van der Waals surface area contributed by atoms with Crippen molar-refractivity contribution < 1.29 is 4.79 Å². The Morgan fingerprint density at radius 2 is 1.78 bits per heavy atom. The van der Waals surface area contributed by atoms with Gasteiger partial charge in [0.15, 0.2) is 0 Å². The number of hydrogen-bond donors (Lipinski definition) is 2. The van der Waals surface area contributed by atoms with Gasteiger partial charge in [0.2, 0.25) is 5.91 Å². The summed E-state index contributed by atoms with van der Waals surface area (Å²) in [5.74, 6) is 0.396. The van der Waals surface area contributed by atoms with Gasteiger partial charge >= 0.3 is 0 Å². The summed E-state index contributed by atoms with van der Waals surface area (Å²) in [6, 6.07) is 25.6. The molecule has 180 valence electrons. The van der Waals surface area contributed by atoms with Gasteiger partial charge in [-0.15, -0.1) is 0 Å². The summed E-state index contributed by atoms with van der Waals surface area (Å²) in [4.78, 5) is 21.2. The van der Waals surface area contributed by atoms with Crippen LogP contribution in [0.25, 0.3) is 22.8 Å². The second kappa shape index (κ2) is 11.6. The van der Waals surface area contributed by atoms with Crippen LogP contribution in [-0.2, 0) is 4.79 Å². The van der Waals surface area contributed by atoms with Crippen molar-refractivity contribution in [2.45, 2.75) is 19.9 Å². The lowest BCUT2D eigenvalue weighted by molar-refractivity contribution is -0.111. The Morgan fingerprint density at radius 3 is 2.53 bits per heavy atom. The van der Waals surface area contributed by atoms with Crippen LogP contribution in [-0.4, -0.2) is 21.7 Å². The number of allylic oxidation sites excluding steroid dienone is 2. The first-order valence-electron chi connectivity index (χ1n) is 11.7. The number of imidazole rings is 1. The Hall–Kier alpha value is -4.71. The van der Waals surface area contributed by atoms with Crippen LogP contribution in [0, 0.1) is 0 Å². The first-order chi connectivity index (χ1) is 17.5. The highest BCUT2D eigenvalue weighted by Crippen LogP contribution is 2.21. The maximum Gasteiger partial charge on any atom is 0.248 e. The van der Waals surface area contributed by atoms with E-state index in [1.807, 2.05) is 84.3 Å². The summed E-state index contributed by atoms with van der Waals surface area (Å²) in [5, 5.41) is 6.18. The molecule has 0 aliphatic rings. The average molecular weight is 476 g/mol. The third-order valence-corrected chi connectivity index (χ3v) is 5.65. The molecule has 1 atom stereocenters. The number of hydrogen-bond acceptors (Lipinski definition) is 4. The molecule has 3 aromatic carbocycles. The molecule has 0 spiro atoms. The molecule has 1 aromatic heterocycles. The number of aliphatic imine (C=N–C) groups is 1. The van der Waals surface area contributed by atoms with Crippen molar-refractivity contribution in [1.29, 1.82) is 0 Å². The Labute approximate surface area is 211 Å². The zero-order valence-electron chi connectivity index (χ0n) is 20.4. The monoisotopic (exact) mass is 475 g/mol. The van der Waals surface area contributed by atoms with E-state index in [4.69, 9.17) is 0 Å². The van der Waals surface area contributed by atoms with Crippen LogP contribution in [0.4, 0.5) is 5.69 Å². The van der Waals surface area contributed by atoms with Gasteiger partial charge in [-0.05, 0) is 55.3 Å². The summed E-state index contributed by atoms with van der Waals surface area (Å²) in [6.45, 7) is 8.06. The summed E-state index contributed by atoms with van der Waals surface area (Å²) < 4.78 is 1.98. The number of benzene rings is 3. The molecule has 0 saturated heterocycles. The molecule has 0 fully saturated rings. The van der Waals surface area contributed by atoms with Crippen LogP contribution in [0.3, 0.4) is 0 Å². The van der Waals surface area contributed by atoms with Gasteiger partial charge < -0.3 is 15.2 Å². The number of rotatable bonds is 9. The van der Waals surface area contributed by atoms with Crippen LogP contribution >= 0.6 is 0 Å².